The zero-order valence-electron chi connectivity index (χ0n) is 17.1. The Balaban J connectivity index is 1.54. The van der Waals surface area contributed by atoms with E-state index in [4.69, 9.17) is 0 Å². The van der Waals surface area contributed by atoms with E-state index in [0.29, 0.717) is 12.1 Å². The molecule has 0 saturated carbocycles. The molecule has 2 N–H and O–H groups in total. The quantitative estimate of drug-likeness (QED) is 0.209. The van der Waals surface area contributed by atoms with Crippen LogP contribution in [0.15, 0.2) is 82.6 Å². The van der Waals surface area contributed by atoms with Gasteiger partial charge < -0.3 is 5.32 Å². The molecule has 0 aromatic heterocycles. The Morgan fingerprint density at radius 2 is 1.72 bits per heavy atom. The van der Waals surface area contributed by atoms with Crippen LogP contribution in [0.5, 0.6) is 0 Å². The maximum atomic E-state index is 12.5. The molecule has 3 aromatic rings. The van der Waals surface area contributed by atoms with Crippen LogP contribution in [0.25, 0.3) is 0 Å². The van der Waals surface area contributed by atoms with Crippen molar-refractivity contribution >= 4 is 39.1 Å². The van der Waals surface area contributed by atoms with Crippen molar-refractivity contribution in [3.8, 4) is 0 Å². The van der Waals surface area contributed by atoms with Gasteiger partial charge in [0.05, 0.1) is 9.82 Å². The molecule has 0 unspecified atom stereocenters. The molecule has 166 valence electrons. The number of carbonyl (C=O) groups excluding carboxylic acids is 1. The van der Waals surface area contributed by atoms with Gasteiger partial charge in [0, 0.05) is 40.6 Å². The van der Waals surface area contributed by atoms with Gasteiger partial charge in [0.15, 0.2) is 0 Å². The molecule has 8 nitrogen and oxygen atoms in total. The fourth-order valence-corrected chi connectivity index (χ4v) is 4.60. The molecule has 0 aliphatic heterocycles. The van der Waals surface area contributed by atoms with Crippen molar-refractivity contribution in [3.63, 3.8) is 0 Å². The lowest BCUT2D eigenvalue weighted by atomic mass is 10.2. The highest BCUT2D eigenvalue weighted by molar-refractivity contribution is 7.99. The number of rotatable bonds is 9. The molecule has 10 heteroatoms. The van der Waals surface area contributed by atoms with E-state index < -0.39 is 14.9 Å². The van der Waals surface area contributed by atoms with E-state index in [-0.39, 0.29) is 22.2 Å². The number of nitro benzene ring substituents is 1. The van der Waals surface area contributed by atoms with Crippen LogP contribution in [-0.4, -0.2) is 31.5 Å². The van der Waals surface area contributed by atoms with Gasteiger partial charge in [-0.3, -0.25) is 19.6 Å². The second-order valence-corrected chi connectivity index (χ2v) is 9.71. The predicted molar refractivity (Wildman–Crippen MR) is 125 cm³/mol. The average Bonchev–Trinajstić information content (AvgIpc) is 2.78. The third kappa shape index (κ3) is 6.32. The fourth-order valence-electron chi connectivity index (χ4n) is 2.74. The van der Waals surface area contributed by atoms with E-state index in [1.807, 2.05) is 31.2 Å². The first-order chi connectivity index (χ1) is 15.2. The van der Waals surface area contributed by atoms with Gasteiger partial charge in [-0.15, -0.1) is 11.8 Å². The third-order valence-corrected chi connectivity index (χ3v) is 6.81. The number of carbonyl (C=O) groups is 1. The Morgan fingerprint density at radius 1 is 1.03 bits per heavy atom. The van der Waals surface area contributed by atoms with Crippen molar-refractivity contribution in [2.24, 2.45) is 0 Å². The Hall–Kier alpha value is -3.37. The van der Waals surface area contributed by atoms with Gasteiger partial charge in [0.25, 0.3) is 21.6 Å². The standard InChI is InChI=1S/C22H21N3O5S2/c1-16-5-11-20(12-6-16)31-14-13-23-22(26)17-7-9-18(10-8-17)24-32(29,30)21-4-2-3-19(15-21)25(27)28/h2-12,15,24H,13-14H2,1H3,(H,23,26). The van der Waals surface area contributed by atoms with Crippen LogP contribution >= 0.6 is 11.8 Å². The van der Waals surface area contributed by atoms with E-state index in [9.17, 15) is 23.3 Å². The maximum Gasteiger partial charge on any atom is 0.270 e. The monoisotopic (exact) mass is 471 g/mol. The summed E-state index contributed by atoms with van der Waals surface area (Å²) in [6.45, 7) is 2.51. The summed E-state index contributed by atoms with van der Waals surface area (Å²) in [5.41, 5.74) is 1.51. The molecule has 0 aliphatic carbocycles. The van der Waals surface area contributed by atoms with E-state index >= 15 is 0 Å². The van der Waals surface area contributed by atoms with Crippen LogP contribution in [0.1, 0.15) is 15.9 Å². The molecule has 0 heterocycles. The van der Waals surface area contributed by atoms with Gasteiger partial charge >= 0.3 is 0 Å². The van der Waals surface area contributed by atoms with Crippen LogP contribution in [0.2, 0.25) is 0 Å². The van der Waals surface area contributed by atoms with Crippen molar-refractivity contribution in [1.29, 1.82) is 0 Å². The molecule has 3 rings (SSSR count). The number of benzene rings is 3. The summed E-state index contributed by atoms with van der Waals surface area (Å²) in [5.74, 6) is 0.457. The predicted octanol–water partition coefficient (Wildman–Crippen LogP) is 4.23. The number of anilines is 1. The summed E-state index contributed by atoms with van der Waals surface area (Å²) in [6.07, 6.45) is 0. The van der Waals surface area contributed by atoms with E-state index in [1.54, 1.807) is 11.8 Å². The highest BCUT2D eigenvalue weighted by Crippen LogP contribution is 2.21. The highest BCUT2D eigenvalue weighted by atomic mass is 32.2. The second-order valence-electron chi connectivity index (χ2n) is 6.85. The highest BCUT2D eigenvalue weighted by Gasteiger charge is 2.18. The van der Waals surface area contributed by atoms with E-state index in [2.05, 4.69) is 10.0 Å². The first kappa shape index (κ1) is 23.3. The summed E-state index contributed by atoms with van der Waals surface area (Å²) in [4.78, 5) is 23.4. The number of non-ortho nitro benzene ring substituents is 1. The van der Waals surface area contributed by atoms with Gasteiger partial charge in [-0.2, -0.15) is 0 Å². The number of aryl methyl sites for hydroxylation is 1. The van der Waals surface area contributed by atoms with Crippen molar-refractivity contribution in [1.82, 2.24) is 5.32 Å². The summed E-state index contributed by atoms with van der Waals surface area (Å²) in [7, 11) is -4.01. The molecule has 0 fully saturated rings. The van der Waals surface area contributed by atoms with Gasteiger partial charge in [0.2, 0.25) is 0 Å². The topological polar surface area (TPSA) is 118 Å². The molecular weight excluding hydrogens is 450 g/mol. The van der Waals surface area contributed by atoms with Crippen LogP contribution < -0.4 is 10.0 Å². The molecule has 0 radical (unpaired) electrons. The summed E-state index contributed by atoms with van der Waals surface area (Å²) in [6, 6.07) is 18.9. The lowest BCUT2D eigenvalue weighted by Gasteiger charge is -2.09. The molecule has 0 aliphatic rings. The number of hydrogen-bond acceptors (Lipinski definition) is 6. The summed E-state index contributed by atoms with van der Waals surface area (Å²) in [5, 5.41) is 13.7. The SMILES string of the molecule is Cc1ccc(SCCNC(=O)c2ccc(NS(=O)(=O)c3cccc([N+](=O)[O-])c3)cc2)cc1. The molecule has 0 bridgehead atoms. The molecule has 0 saturated heterocycles. The zero-order chi connectivity index (χ0) is 23.1. The fraction of sp³-hybridized carbons (Fsp3) is 0.136. The molecule has 0 atom stereocenters. The molecule has 32 heavy (non-hydrogen) atoms. The maximum absolute atomic E-state index is 12.5. The van der Waals surface area contributed by atoms with Crippen molar-refractivity contribution in [2.45, 2.75) is 16.7 Å². The third-order valence-electron chi connectivity index (χ3n) is 4.42. The molecule has 0 spiro atoms. The zero-order valence-corrected chi connectivity index (χ0v) is 18.8. The van der Waals surface area contributed by atoms with Gasteiger partial charge in [-0.05, 0) is 49.4 Å². The number of nitro groups is 1. The molecular formula is C22H21N3O5S2. The van der Waals surface area contributed by atoms with Crippen LogP contribution in [0, 0.1) is 17.0 Å². The largest absolute Gasteiger partial charge is 0.351 e. The minimum absolute atomic E-state index is 0.223. The Bertz CT molecular complexity index is 1210. The average molecular weight is 472 g/mol. The second kappa shape index (κ2) is 10.3. The first-order valence-corrected chi connectivity index (χ1v) is 12.1. The van der Waals surface area contributed by atoms with Crippen molar-refractivity contribution in [2.75, 3.05) is 17.0 Å². The Morgan fingerprint density at radius 3 is 2.38 bits per heavy atom. The van der Waals surface area contributed by atoms with Crippen LogP contribution in [0.3, 0.4) is 0 Å². The van der Waals surface area contributed by atoms with Crippen LogP contribution in [-0.2, 0) is 10.0 Å². The molecule has 3 aromatic carbocycles. The van der Waals surface area contributed by atoms with Gasteiger partial charge in [0.1, 0.15) is 0 Å². The van der Waals surface area contributed by atoms with E-state index in [0.717, 1.165) is 16.7 Å². The smallest absolute Gasteiger partial charge is 0.270 e. The number of nitrogens with one attached hydrogen (secondary N) is 2. The molecule has 1 amide bonds. The number of thioether (sulfide) groups is 1. The number of hydrogen-bond donors (Lipinski definition) is 2. The van der Waals surface area contributed by atoms with Crippen LogP contribution in [0.4, 0.5) is 11.4 Å². The van der Waals surface area contributed by atoms with Crippen molar-refractivity contribution < 1.29 is 18.1 Å². The number of amides is 1. The lowest BCUT2D eigenvalue weighted by molar-refractivity contribution is -0.385. The number of nitrogens with zero attached hydrogens (tertiary/aromatic N) is 1. The Labute approximate surface area is 190 Å². The van der Waals surface area contributed by atoms with Crippen molar-refractivity contribution in [3.05, 3.63) is 94.0 Å². The first-order valence-electron chi connectivity index (χ1n) is 9.59. The summed E-state index contributed by atoms with van der Waals surface area (Å²) >= 11 is 1.64. The Kier molecular flexibility index (Phi) is 7.49. The van der Waals surface area contributed by atoms with E-state index in [1.165, 1.54) is 48.0 Å². The van der Waals surface area contributed by atoms with Gasteiger partial charge in [-0.1, -0.05) is 23.8 Å². The van der Waals surface area contributed by atoms with Gasteiger partial charge in [-0.25, -0.2) is 8.42 Å². The minimum atomic E-state index is -4.01. The summed E-state index contributed by atoms with van der Waals surface area (Å²) < 4.78 is 27.3. The number of sulfonamides is 1. The minimum Gasteiger partial charge on any atom is -0.351 e. The lowest BCUT2D eigenvalue weighted by Crippen LogP contribution is -2.25. The normalized spacial score (nSPS) is 11.0.